The van der Waals surface area contributed by atoms with E-state index in [1.165, 1.54) is 71.2 Å². The van der Waals surface area contributed by atoms with Crippen LogP contribution in [0.2, 0.25) is 0 Å². The van der Waals surface area contributed by atoms with Crippen LogP contribution in [0, 0.1) is 11.8 Å². The first-order chi connectivity index (χ1) is 32.6. The Hall–Kier alpha value is -7.69. The monoisotopic (exact) mass is 852 g/mol. The summed E-state index contributed by atoms with van der Waals surface area (Å²) in [5, 5.41) is 9.63. The fraction of sp³-hybridized carbons (Fsp3) is 0.145. The van der Waals surface area contributed by atoms with Crippen LogP contribution in [-0.4, -0.2) is 10.3 Å². The van der Waals surface area contributed by atoms with Gasteiger partial charge in [-0.1, -0.05) is 153 Å². The van der Waals surface area contributed by atoms with Crippen LogP contribution in [0.5, 0.6) is 0 Å². The molecule has 0 bridgehead atoms. The number of benzene rings is 9. The molecule has 66 heavy (non-hydrogen) atoms. The van der Waals surface area contributed by atoms with Crippen LogP contribution in [-0.2, 0) is 0 Å². The predicted octanol–water partition coefficient (Wildman–Crippen LogP) is 17.2. The Labute approximate surface area is 383 Å². The fourth-order valence-electron chi connectivity index (χ4n) is 11.6. The predicted molar refractivity (Wildman–Crippen MR) is 275 cm³/mol. The van der Waals surface area contributed by atoms with E-state index < -0.39 is 0 Å². The summed E-state index contributed by atoms with van der Waals surface area (Å²) in [6.45, 7) is 4.78. The van der Waals surface area contributed by atoms with Gasteiger partial charge in [0.15, 0.2) is 0 Å². The summed E-state index contributed by atoms with van der Waals surface area (Å²) in [4.78, 5) is 6.22. The van der Waals surface area contributed by atoms with Gasteiger partial charge in [0.2, 0.25) is 0 Å². The molecule has 0 saturated heterocycles. The van der Waals surface area contributed by atoms with Gasteiger partial charge in [0.05, 0.1) is 22.8 Å². The highest BCUT2D eigenvalue weighted by Gasteiger charge is 2.36. The van der Waals surface area contributed by atoms with Gasteiger partial charge in [-0.25, -0.2) is 0 Å². The van der Waals surface area contributed by atoms with Crippen LogP contribution in [0.15, 0.2) is 208 Å². The molecule has 9 aromatic carbocycles. The molecule has 0 radical (unpaired) electrons. The summed E-state index contributed by atoms with van der Waals surface area (Å²) in [6.07, 6.45) is 2.95. The number of para-hydroxylation sites is 3. The maximum atomic E-state index is 6.90. The largest absolute Gasteiger partial charge is 0.456 e. The summed E-state index contributed by atoms with van der Waals surface area (Å²) < 4.78 is 15.9. The van der Waals surface area contributed by atoms with Crippen molar-refractivity contribution in [3.05, 3.63) is 211 Å². The van der Waals surface area contributed by atoms with Gasteiger partial charge >= 0.3 is 0 Å². The normalized spacial score (nSPS) is 18.2. The van der Waals surface area contributed by atoms with Crippen molar-refractivity contribution in [1.82, 2.24) is 4.57 Å². The van der Waals surface area contributed by atoms with Crippen LogP contribution in [0.25, 0.3) is 93.3 Å². The van der Waals surface area contributed by atoms with Crippen molar-refractivity contribution in [3.8, 4) is 16.8 Å². The van der Waals surface area contributed by atoms with E-state index in [9.17, 15) is 0 Å². The zero-order valence-corrected chi connectivity index (χ0v) is 37.1. The minimum absolute atomic E-state index is 0.135. The molecule has 12 aromatic rings. The van der Waals surface area contributed by atoms with Crippen LogP contribution in [0.1, 0.15) is 61.8 Å². The summed E-state index contributed by atoms with van der Waals surface area (Å²) in [7, 11) is 0. The van der Waals surface area contributed by atoms with E-state index in [-0.39, 0.29) is 23.8 Å². The molecule has 0 N–H and O–H groups in total. The quantitative estimate of drug-likeness (QED) is 0.167. The highest BCUT2D eigenvalue weighted by Crippen LogP contribution is 2.48. The number of aliphatic imine (C=N–C) groups is 1. The third kappa shape index (κ3) is 6.15. The fourth-order valence-corrected chi connectivity index (χ4v) is 11.6. The summed E-state index contributed by atoms with van der Waals surface area (Å²) in [6, 6.07) is 70.4. The zero-order valence-electron chi connectivity index (χ0n) is 37.1. The molecule has 0 amide bonds. The number of furan rings is 2. The summed E-state index contributed by atoms with van der Waals surface area (Å²) in [5.74, 6) is 0.554. The Morgan fingerprint density at radius 1 is 0.485 bits per heavy atom. The highest BCUT2D eigenvalue weighted by atomic mass is 16.3. The van der Waals surface area contributed by atoms with Crippen molar-refractivity contribution in [3.63, 3.8) is 0 Å². The molecule has 1 aliphatic heterocycles. The molecule has 4 heterocycles. The highest BCUT2D eigenvalue weighted by molar-refractivity contribution is 6.15. The van der Waals surface area contributed by atoms with Gasteiger partial charge in [-0.3, -0.25) is 4.99 Å². The second-order valence-corrected chi connectivity index (χ2v) is 18.5. The van der Waals surface area contributed by atoms with E-state index in [1.54, 1.807) is 0 Å². The lowest BCUT2D eigenvalue weighted by Gasteiger charge is -2.35. The summed E-state index contributed by atoms with van der Waals surface area (Å²) in [5.41, 5.74) is 14.4. The number of hydrogen-bond donors (Lipinski definition) is 0. The Morgan fingerprint density at radius 3 is 1.89 bits per heavy atom. The molecule has 0 saturated carbocycles. The van der Waals surface area contributed by atoms with E-state index in [2.05, 4.69) is 213 Å². The maximum Gasteiger partial charge on any atom is 0.137 e. The minimum atomic E-state index is -0.154. The molecule has 0 fully saturated rings. The number of fused-ring (bicyclic) bond motifs is 10. The number of hydrogen-bond acceptors (Lipinski definition) is 3. The average Bonchev–Trinajstić information content (AvgIpc) is 4.04. The first kappa shape index (κ1) is 38.7. The molecule has 1 aliphatic rings. The zero-order chi connectivity index (χ0) is 43.9. The average molecular weight is 853 g/mol. The SMILES string of the molecule is CCC1C(c2cccc(-c3ccccc3)c2)=NC(c2cc(-n3c4ccccc4c4cc5ccccc5cc43)cc3oc4ccccc4c23)C(C)CCC1c1cccc2oc3ccccc3c12. The standard InChI is InChI=1S/C62H48N2O2/c1-3-45-46(48-26-16-30-57-59(48)49-24-10-13-28-55(49)65-57)32-31-38(2)61(63-62(45)43-22-15-21-40(33-43)39-17-5-4-6-18-39)52-36-44(37-58-60(52)50-25-11-14-29-56(50)66-58)64-53-27-12-9-23-47(53)51-34-41-19-7-8-20-42(41)35-54(51)64/h4-30,33-38,45-46,61H,3,31-32H2,1-2H3. The summed E-state index contributed by atoms with van der Waals surface area (Å²) >= 11 is 0. The van der Waals surface area contributed by atoms with Gasteiger partial charge < -0.3 is 13.4 Å². The van der Waals surface area contributed by atoms with Crippen LogP contribution < -0.4 is 0 Å². The molecular weight excluding hydrogens is 805 g/mol. The molecule has 4 unspecified atom stereocenters. The Kier molecular flexibility index (Phi) is 9.09. The van der Waals surface area contributed by atoms with E-state index >= 15 is 0 Å². The van der Waals surface area contributed by atoms with E-state index in [0.29, 0.717) is 0 Å². The molecule has 318 valence electrons. The molecule has 13 rings (SSSR count). The maximum absolute atomic E-state index is 6.90. The topological polar surface area (TPSA) is 43.6 Å². The Balaban J connectivity index is 1.08. The van der Waals surface area contributed by atoms with Crippen molar-refractivity contribution in [2.75, 3.05) is 0 Å². The van der Waals surface area contributed by atoms with E-state index in [0.717, 1.165) is 63.8 Å². The van der Waals surface area contributed by atoms with Crippen LogP contribution in [0.4, 0.5) is 0 Å². The molecule has 4 nitrogen and oxygen atoms in total. The molecule has 0 spiro atoms. The Bertz CT molecular complexity index is 3870. The molecule has 3 aromatic heterocycles. The smallest absolute Gasteiger partial charge is 0.137 e. The van der Waals surface area contributed by atoms with Crippen molar-refractivity contribution in [2.24, 2.45) is 16.8 Å². The molecule has 4 heteroatoms. The van der Waals surface area contributed by atoms with Gasteiger partial charge in [0, 0.05) is 50.0 Å². The van der Waals surface area contributed by atoms with Gasteiger partial charge in [-0.15, -0.1) is 0 Å². The first-order valence-electron chi connectivity index (χ1n) is 23.6. The number of aromatic nitrogens is 1. The number of nitrogens with zero attached hydrogens (tertiary/aromatic N) is 2. The first-order valence-corrected chi connectivity index (χ1v) is 23.6. The van der Waals surface area contributed by atoms with Gasteiger partial charge in [0.25, 0.3) is 0 Å². The molecule has 0 aliphatic carbocycles. The third-order valence-corrected chi connectivity index (χ3v) is 14.7. The lowest BCUT2D eigenvalue weighted by molar-refractivity contribution is 0.364. The minimum Gasteiger partial charge on any atom is -0.456 e. The van der Waals surface area contributed by atoms with Crippen molar-refractivity contribution in [1.29, 1.82) is 0 Å². The van der Waals surface area contributed by atoms with Gasteiger partial charge in [-0.05, 0) is 118 Å². The lowest BCUT2D eigenvalue weighted by Crippen LogP contribution is -2.28. The van der Waals surface area contributed by atoms with E-state index in [4.69, 9.17) is 13.8 Å². The van der Waals surface area contributed by atoms with Crippen molar-refractivity contribution < 1.29 is 8.83 Å². The lowest BCUT2D eigenvalue weighted by atomic mass is 9.72. The van der Waals surface area contributed by atoms with Crippen molar-refractivity contribution in [2.45, 2.75) is 45.1 Å². The van der Waals surface area contributed by atoms with Gasteiger partial charge in [-0.2, -0.15) is 0 Å². The second-order valence-electron chi connectivity index (χ2n) is 18.5. The molecule has 4 atom stereocenters. The van der Waals surface area contributed by atoms with Gasteiger partial charge in [0.1, 0.15) is 22.3 Å². The number of rotatable bonds is 6. The van der Waals surface area contributed by atoms with Crippen LogP contribution in [0.3, 0.4) is 0 Å². The third-order valence-electron chi connectivity index (χ3n) is 14.7. The van der Waals surface area contributed by atoms with Crippen molar-refractivity contribution >= 4 is 82.2 Å². The second kappa shape index (κ2) is 15.5. The molecular formula is C62H48N2O2. The van der Waals surface area contributed by atoms with Crippen LogP contribution >= 0.6 is 0 Å². The Morgan fingerprint density at radius 2 is 1.11 bits per heavy atom. The van der Waals surface area contributed by atoms with E-state index in [1.807, 2.05) is 0 Å².